The zero-order valence-electron chi connectivity index (χ0n) is 11.7. The van der Waals surface area contributed by atoms with E-state index in [0.29, 0.717) is 17.3 Å². The summed E-state index contributed by atoms with van der Waals surface area (Å²) in [7, 11) is 1.73. The lowest BCUT2D eigenvalue weighted by atomic mass is 10.2. The van der Waals surface area contributed by atoms with Crippen LogP contribution in [0.25, 0.3) is 0 Å². The molecule has 0 N–H and O–H groups in total. The van der Waals surface area contributed by atoms with Crippen molar-refractivity contribution in [2.24, 2.45) is 0 Å². The van der Waals surface area contributed by atoms with E-state index in [-0.39, 0.29) is 5.91 Å². The molecule has 2 rings (SSSR count). The molecule has 1 amide bonds. The van der Waals surface area contributed by atoms with Crippen molar-refractivity contribution >= 4 is 17.5 Å². The first-order valence-electron chi connectivity index (χ1n) is 6.27. The minimum atomic E-state index is -0.150. The fourth-order valence-electron chi connectivity index (χ4n) is 2.02. The van der Waals surface area contributed by atoms with E-state index in [1.807, 2.05) is 26.0 Å². The van der Waals surface area contributed by atoms with Crippen molar-refractivity contribution in [2.45, 2.75) is 20.4 Å². The highest BCUT2D eigenvalue weighted by Crippen LogP contribution is 2.10. The maximum atomic E-state index is 12.2. The molecule has 0 aliphatic heterocycles. The fraction of sp³-hybridized carbons (Fsp3) is 0.267. The first kappa shape index (κ1) is 14.5. The van der Waals surface area contributed by atoms with E-state index >= 15 is 0 Å². The van der Waals surface area contributed by atoms with Crippen LogP contribution in [0.3, 0.4) is 0 Å². The minimum absolute atomic E-state index is 0.150. The van der Waals surface area contributed by atoms with Crippen molar-refractivity contribution in [3.8, 4) is 0 Å². The Morgan fingerprint density at radius 1 is 1.30 bits per heavy atom. The molecule has 0 aliphatic rings. The van der Waals surface area contributed by atoms with Crippen molar-refractivity contribution in [3.05, 3.63) is 58.1 Å². The average molecular weight is 290 g/mol. The average Bonchev–Trinajstić information content (AvgIpc) is 2.37. The second kappa shape index (κ2) is 6.01. The van der Waals surface area contributed by atoms with Crippen molar-refractivity contribution in [1.82, 2.24) is 14.9 Å². The van der Waals surface area contributed by atoms with Crippen molar-refractivity contribution in [1.29, 1.82) is 0 Å². The number of hydrogen-bond donors (Lipinski definition) is 0. The molecule has 20 heavy (non-hydrogen) atoms. The molecule has 2 aromatic rings. The van der Waals surface area contributed by atoms with Gasteiger partial charge in [0.15, 0.2) is 0 Å². The van der Waals surface area contributed by atoms with E-state index in [1.165, 1.54) is 6.20 Å². The summed E-state index contributed by atoms with van der Waals surface area (Å²) in [5.74, 6) is -0.150. The van der Waals surface area contributed by atoms with Crippen LogP contribution in [0.1, 0.15) is 27.4 Å². The number of rotatable bonds is 3. The number of hydrogen-bond acceptors (Lipinski definition) is 3. The van der Waals surface area contributed by atoms with Crippen molar-refractivity contribution < 1.29 is 4.79 Å². The van der Waals surface area contributed by atoms with E-state index in [9.17, 15) is 4.79 Å². The van der Waals surface area contributed by atoms with Gasteiger partial charge in [-0.1, -0.05) is 11.6 Å². The Kier molecular flexibility index (Phi) is 4.35. The van der Waals surface area contributed by atoms with E-state index in [0.717, 1.165) is 17.0 Å². The topological polar surface area (TPSA) is 46.1 Å². The van der Waals surface area contributed by atoms with Crippen LogP contribution in [0, 0.1) is 13.8 Å². The van der Waals surface area contributed by atoms with Crippen LogP contribution < -0.4 is 0 Å². The number of aromatic nitrogens is 2. The maximum absolute atomic E-state index is 12.2. The summed E-state index contributed by atoms with van der Waals surface area (Å²) in [6.45, 7) is 4.41. The summed E-state index contributed by atoms with van der Waals surface area (Å²) >= 11 is 5.76. The van der Waals surface area contributed by atoms with E-state index in [4.69, 9.17) is 11.6 Å². The third-order valence-electron chi connectivity index (χ3n) is 2.84. The third kappa shape index (κ3) is 3.54. The summed E-state index contributed by atoms with van der Waals surface area (Å²) < 4.78 is 0. The van der Waals surface area contributed by atoms with E-state index in [1.54, 1.807) is 24.1 Å². The van der Waals surface area contributed by atoms with Gasteiger partial charge in [-0.25, -0.2) is 4.98 Å². The number of carbonyl (C=O) groups excluding carboxylic acids is 1. The number of carbonyl (C=O) groups is 1. The lowest BCUT2D eigenvalue weighted by Crippen LogP contribution is -2.27. The number of halogens is 1. The van der Waals surface area contributed by atoms with Crippen LogP contribution >= 0.6 is 11.6 Å². The Morgan fingerprint density at radius 3 is 2.65 bits per heavy atom. The second-order valence-corrected chi connectivity index (χ2v) is 5.24. The monoisotopic (exact) mass is 289 g/mol. The highest BCUT2D eigenvalue weighted by atomic mass is 35.5. The molecule has 0 spiro atoms. The number of pyridine rings is 2. The number of nitrogens with zero attached hydrogens (tertiary/aromatic N) is 3. The zero-order chi connectivity index (χ0) is 14.7. The molecule has 104 valence electrons. The van der Waals surface area contributed by atoms with Crippen LogP contribution in [0.4, 0.5) is 0 Å². The van der Waals surface area contributed by atoms with Gasteiger partial charge < -0.3 is 4.90 Å². The van der Waals surface area contributed by atoms with Gasteiger partial charge in [-0.3, -0.25) is 9.78 Å². The standard InChI is InChI=1S/C15H16ClN3O/c1-10-6-11(2)18-13(7-10)9-19(3)15(20)14-5-4-12(16)8-17-14/h4-8H,9H2,1-3H3. The molecule has 0 atom stereocenters. The van der Waals surface area contributed by atoms with Gasteiger partial charge in [-0.15, -0.1) is 0 Å². The van der Waals surface area contributed by atoms with Crippen LogP contribution in [-0.4, -0.2) is 27.8 Å². The van der Waals surface area contributed by atoms with Gasteiger partial charge in [-0.2, -0.15) is 0 Å². The maximum Gasteiger partial charge on any atom is 0.272 e. The summed E-state index contributed by atoms with van der Waals surface area (Å²) in [6, 6.07) is 7.26. The smallest absolute Gasteiger partial charge is 0.272 e. The van der Waals surface area contributed by atoms with Crippen LogP contribution in [0.5, 0.6) is 0 Å². The molecule has 0 bridgehead atoms. The number of amides is 1. The van der Waals surface area contributed by atoms with Crippen molar-refractivity contribution in [2.75, 3.05) is 7.05 Å². The second-order valence-electron chi connectivity index (χ2n) is 4.80. The highest BCUT2D eigenvalue weighted by molar-refractivity contribution is 6.30. The fourth-order valence-corrected chi connectivity index (χ4v) is 2.13. The molecule has 0 saturated carbocycles. The first-order valence-corrected chi connectivity index (χ1v) is 6.64. The van der Waals surface area contributed by atoms with Gasteiger partial charge in [0, 0.05) is 18.9 Å². The predicted octanol–water partition coefficient (Wildman–Crippen LogP) is 3.02. The SMILES string of the molecule is Cc1cc(C)nc(CN(C)C(=O)c2ccc(Cl)cn2)c1. The summed E-state index contributed by atoms with van der Waals surface area (Å²) in [5.41, 5.74) is 3.33. The molecular formula is C15H16ClN3O. The summed E-state index contributed by atoms with van der Waals surface area (Å²) in [4.78, 5) is 22.3. The Morgan fingerprint density at radius 2 is 2.05 bits per heavy atom. The van der Waals surface area contributed by atoms with Gasteiger partial charge in [-0.05, 0) is 43.7 Å². The van der Waals surface area contributed by atoms with Gasteiger partial charge in [0.25, 0.3) is 5.91 Å². The van der Waals surface area contributed by atoms with Gasteiger partial charge in [0.1, 0.15) is 5.69 Å². The highest BCUT2D eigenvalue weighted by Gasteiger charge is 2.14. The Balaban J connectivity index is 2.13. The molecule has 0 radical (unpaired) electrons. The van der Waals surface area contributed by atoms with Crippen LogP contribution in [-0.2, 0) is 6.54 Å². The molecule has 4 nitrogen and oxygen atoms in total. The molecule has 2 aromatic heterocycles. The number of aryl methyl sites for hydroxylation is 2. The molecule has 0 aromatic carbocycles. The Bertz CT molecular complexity index is 605. The Labute approximate surface area is 123 Å². The van der Waals surface area contributed by atoms with Gasteiger partial charge in [0.2, 0.25) is 0 Å². The van der Waals surface area contributed by atoms with Crippen molar-refractivity contribution in [3.63, 3.8) is 0 Å². The molecule has 0 unspecified atom stereocenters. The van der Waals surface area contributed by atoms with E-state index < -0.39 is 0 Å². The quantitative estimate of drug-likeness (QED) is 0.872. The van der Waals surface area contributed by atoms with E-state index in [2.05, 4.69) is 9.97 Å². The molecular weight excluding hydrogens is 274 g/mol. The summed E-state index contributed by atoms with van der Waals surface area (Å²) in [5, 5.41) is 0.514. The molecule has 0 saturated heterocycles. The largest absolute Gasteiger partial charge is 0.334 e. The minimum Gasteiger partial charge on any atom is -0.334 e. The predicted molar refractivity (Wildman–Crippen MR) is 78.8 cm³/mol. The molecule has 2 heterocycles. The Hall–Kier alpha value is -1.94. The zero-order valence-corrected chi connectivity index (χ0v) is 12.5. The third-order valence-corrected chi connectivity index (χ3v) is 3.07. The molecule has 5 heteroatoms. The summed E-state index contributed by atoms with van der Waals surface area (Å²) in [6.07, 6.45) is 1.47. The molecule has 0 aliphatic carbocycles. The molecule has 0 fully saturated rings. The van der Waals surface area contributed by atoms with Gasteiger partial charge in [0.05, 0.1) is 17.3 Å². The normalized spacial score (nSPS) is 10.4. The van der Waals surface area contributed by atoms with Gasteiger partial charge >= 0.3 is 0 Å². The van der Waals surface area contributed by atoms with Crippen LogP contribution in [0.15, 0.2) is 30.5 Å². The lowest BCUT2D eigenvalue weighted by molar-refractivity contribution is 0.0777. The van der Waals surface area contributed by atoms with Crippen LogP contribution in [0.2, 0.25) is 5.02 Å². The first-order chi connectivity index (χ1) is 9.45. The lowest BCUT2D eigenvalue weighted by Gasteiger charge is -2.16.